The van der Waals surface area contributed by atoms with E-state index in [1.807, 2.05) is 6.07 Å². The minimum Gasteiger partial charge on any atom is -0.356 e. The Kier molecular flexibility index (Phi) is 5.51. The van der Waals surface area contributed by atoms with Gasteiger partial charge in [-0.05, 0) is 59.1 Å². The fraction of sp³-hybridized carbons (Fsp3) is 0.389. The molecule has 0 unspecified atom stereocenters. The minimum atomic E-state index is -0.0801. The summed E-state index contributed by atoms with van der Waals surface area (Å²) in [6.07, 6.45) is 5.69. The zero-order chi connectivity index (χ0) is 16.1. The lowest BCUT2D eigenvalue weighted by atomic mass is 10.0. The molecule has 122 valence electrons. The van der Waals surface area contributed by atoms with E-state index in [0.29, 0.717) is 12.2 Å². The summed E-state index contributed by atoms with van der Waals surface area (Å²) >= 11 is 3.35. The summed E-state index contributed by atoms with van der Waals surface area (Å²) < 4.78 is 0.883. The molecule has 0 radical (unpaired) electrons. The average Bonchev–Trinajstić information content (AvgIpc) is 3.01. The quantitative estimate of drug-likeness (QED) is 0.836. The van der Waals surface area contributed by atoms with E-state index in [4.69, 9.17) is 0 Å². The molecule has 1 aliphatic rings. The highest BCUT2D eigenvalue weighted by molar-refractivity contribution is 9.10. The Bertz CT molecular complexity index is 662. The maximum absolute atomic E-state index is 12.2. The van der Waals surface area contributed by atoms with Crippen molar-refractivity contribution in [2.24, 2.45) is 0 Å². The van der Waals surface area contributed by atoms with Gasteiger partial charge in [0.25, 0.3) is 5.91 Å². The topological polar surface area (TPSA) is 48.1 Å². The smallest absolute Gasteiger partial charge is 0.267 e. The van der Waals surface area contributed by atoms with Crippen LogP contribution in [-0.2, 0) is 13.1 Å². The van der Waals surface area contributed by atoms with Crippen molar-refractivity contribution in [3.05, 3.63) is 57.8 Å². The van der Waals surface area contributed by atoms with Crippen molar-refractivity contribution < 1.29 is 4.79 Å². The Balaban J connectivity index is 1.62. The van der Waals surface area contributed by atoms with E-state index in [1.165, 1.54) is 43.5 Å². The van der Waals surface area contributed by atoms with Crippen LogP contribution in [0.3, 0.4) is 0 Å². The van der Waals surface area contributed by atoms with Crippen molar-refractivity contribution in [2.45, 2.75) is 32.4 Å². The third-order valence-corrected chi connectivity index (χ3v) is 4.75. The standard InChI is InChI=1S/C18H22BrN3O/c19-16-10-17(20-12-16)18(23)21-11-14-6-2-3-7-15(14)13-22-8-4-1-5-9-22/h2-3,6-7,10,12,20H,1,4-5,8-9,11,13H2,(H,21,23). The first-order valence-electron chi connectivity index (χ1n) is 8.13. The highest BCUT2D eigenvalue weighted by Crippen LogP contribution is 2.16. The van der Waals surface area contributed by atoms with Crippen LogP contribution in [0.2, 0.25) is 0 Å². The Morgan fingerprint density at radius 1 is 1.17 bits per heavy atom. The molecular formula is C18H22BrN3O. The van der Waals surface area contributed by atoms with Crippen LogP contribution in [0.4, 0.5) is 0 Å². The number of hydrogen-bond acceptors (Lipinski definition) is 2. The summed E-state index contributed by atoms with van der Waals surface area (Å²) in [5.74, 6) is -0.0801. The number of carbonyl (C=O) groups excluding carboxylic acids is 1. The number of H-pyrrole nitrogens is 1. The molecule has 1 aromatic carbocycles. The van der Waals surface area contributed by atoms with Gasteiger partial charge < -0.3 is 10.3 Å². The first-order valence-corrected chi connectivity index (χ1v) is 8.93. The van der Waals surface area contributed by atoms with Crippen LogP contribution >= 0.6 is 15.9 Å². The predicted octanol–water partition coefficient (Wildman–Crippen LogP) is 3.69. The molecular weight excluding hydrogens is 354 g/mol. The number of halogens is 1. The van der Waals surface area contributed by atoms with Crippen LogP contribution in [0, 0.1) is 0 Å². The van der Waals surface area contributed by atoms with Crippen LogP contribution < -0.4 is 5.32 Å². The summed E-state index contributed by atoms with van der Waals surface area (Å²) in [6, 6.07) is 10.2. The van der Waals surface area contributed by atoms with Gasteiger partial charge in [-0.3, -0.25) is 9.69 Å². The van der Waals surface area contributed by atoms with Gasteiger partial charge in [0, 0.05) is 23.8 Å². The Labute approximate surface area is 145 Å². The molecule has 4 nitrogen and oxygen atoms in total. The lowest BCUT2D eigenvalue weighted by molar-refractivity contribution is 0.0946. The van der Waals surface area contributed by atoms with Gasteiger partial charge in [0.05, 0.1) is 0 Å². The van der Waals surface area contributed by atoms with Gasteiger partial charge in [0.1, 0.15) is 5.69 Å². The van der Waals surface area contributed by atoms with E-state index in [0.717, 1.165) is 11.0 Å². The number of rotatable bonds is 5. The molecule has 2 heterocycles. The monoisotopic (exact) mass is 375 g/mol. The SMILES string of the molecule is O=C(NCc1ccccc1CN1CCCCC1)c1cc(Br)c[nH]1. The molecule has 0 bridgehead atoms. The lowest BCUT2D eigenvalue weighted by Crippen LogP contribution is -2.30. The van der Waals surface area contributed by atoms with E-state index in [1.54, 1.807) is 12.3 Å². The van der Waals surface area contributed by atoms with Crippen molar-refractivity contribution in [2.75, 3.05) is 13.1 Å². The molecule has 0 atom stereocenters. The molecule has 5 heteroatoms. The largest absolute Gasteiger partial charge is 0.356 e. The van der Waals surface area contributed by atoms with Crippen LogP contribution in [-0.4, -0.2) is 28.9 Å². The van der Waals surface area contributed by atoms with Crippen molar-refractivity contribution in [1.29, 1.82) is 0 Å². The van der Waals surface area contributed by atoms with E-state index in [-0.39, 0.29) is 5.91 Å². The number of benzene rings is 1. The van der Waals surface area contributed by atoms with Gasteiger partial charge in [0.15, 0.2) is 0 Å². The maximum Gasteiger partial charge on any atom is 0.267 e. The Hall–Kier alpha value is -1.59. The number of likely N-dealkylation sites (tertiary alicyclic amines) is 1. The van der Waals surface area contributed by atoms with Gasteiger partial charge in [0.2, 0.25) is 0 Å². The zero-order valence-electron chi connectivity index (χ0n) is 13.1. The number of hydrogen-bond donors (Lipinski definition) is 2. The highest BCUT2D eigenvalue weighted by atomic mass is 79.9. The molecule has 2 N–H and O–H groups in total. The highest BCUT2D eigenvalue weighted by Gasteiger charge is 2.13. The van der Waals surface area contributed by atoms with Gasteiger partial charge in [-0.2, -0.15) is 0 Å². The summed E-state index contributed by atoms with van der Waals surface area (Å²) in [6.45, 7) is 3.88. The molecule has 1 amide bonds. The van der Waals surface area contributed by atoms with Gasteiger partial charge in [-0.25, -0.2) is 0 Å². The van der Waals surface area contributed by atoms with Crippen LogP contribution in [0.5, 0.6) is 0 Å². The second-order valence-corrected chi connectivity index (χ2v) is 6.94. The van der Waals surface area contributed by atoms with Crippen LogP contribution in [0.1, 0.15) is 40.9 Å². The van der Waals surface area contributed by atoms with Gasteiger partial charge in [-0.1, -0.05) is 30.7 Å². The molecule has 0 aliphatic carbocycles. The first kappa shape index (κ1) is 16.3. The molecule has 1 fully saturated rings. The van der Waals surface area contributed by atoms with Crippen molar-refractivity contribution >= 4 is 21.8 Å². The van der Waals surface area contributed by atoms with E-state index >= 15 is 0 Å². The molecule has 1 aromatic heterocycles. The van der Waals surface area contributed by atoms with Crippen molar-refractivity contribution in [3.63, 3.8) is 0 Å². The molecule has 0 spiro atoms. The number of aromatic amines is 1. The molecule has 0 saturated carbocycles. The van der Waals surface area contributed by atoms with Crippen LogP contribution in [0.15, 0.2) is 41.0 Å². The van der Waals surface area contributed by atoms with E-state index in [9.17, 15) is 4.79 Å². The molecule has 23 heavy (non-hydrogen) atoms. The van der Waals surface area contributed by atoms with Gasteiger partial charge >= 0.3 is 0 Å². The van der Waals surface area contributed by atoms with Gasteiger partial charge in [-0.15, -0.1) is 0 Å². The summed E-state index contributed by atoms with van der Waals surface area (Å²) in [5.41, 5.74) is 3.07. The number of amides is 1. The maximum atomic E-state index is 12.2. The molecule has 1 aliphatic heterocycles. The lowest BCUT2D eigenvalue weighted by Gasteiger charge is -2.27. The summed E-state index contributed by atoms with van der Waals surface area (Å²) in [4.78, 5) is 17.6. The van der Waals surface area contributed by atoms with Crippen molar-refractivity contribution in [1.82, 2.24) is 15.2 Å². The van der Waals surface area contributed by atoms with Crippen molar-refractivity contribution in [3.8, 4) is 0 Å². The molecule has 1 saturated heterocycles. The number of nitrogens with one attached hydrogen (secondary N) is 2. The average molecular weight is 376 g/mol. The third kappa shape index (κ3) is 4.45. The third-order valence-electron chi connectivity index (χ3n) is 4.29. The second-order valence-electron chi connectivity index (χ2n) is 6.02. The molecule has 2 aromatic rings. The summed E-state index contributed by atoms with van der Waals surface area (Å²) in [7, 11) is 0. The summed E-state index contributed by atoms with van der Waals surface area (Å²) in [5, 5.41) is 3.00. The van der Waals surface area contributed by atoms with E-state index in [2.05, 4.69) is 49.3 Å². The second kappa shape index (κ2) is 7.79. The Morgan fingerprint density at radius 3 is 2.61 bits per heavy atom. The zero-order valence-corrected chi connectivity index (χ0v) is 14.7. The number of aromatic nitrogens is 1. The fourth-order valence-electron chi connectivity index (χ4n) is 3.01. The number of carbonyl (C=O) groups is 1. The number of piperidine rings is 1. The first-order chi connectivity index (χ1) is 11.2. The predicted molar refractivity (Wildman–Crippen MR) is 95.2 cm³/mol. The molecule has 3 rings (SSSR count). The fourth-order valence-corrected chi connectivity index (χ4v) is 3.36. The van der Waals surface area contributed by atoms with E-state index < -0.39 is 0 Å². The number of nitrogens with zero attached hydrogens (tertiary/aromatic N) is 1. The normalized spacial score (nSPS) is 15.5. The Morgan fingerprint density at radius 2 is 1.91 bits per heavy atom. The van der Waals surface area contributed by atoms with Crippen LogP contribution in [0.25, 0.3) is 0 Å². The minimum absolute atomic E-state index is 0.0801.